The Bertz CT molecular complexity index is 991. The van der Waals surface area contributed by atoms with Crippen molar-refractivity contribution in [2.24, 2.45) is 0 Å². The van der Waals surface area contributed by atoms with Gasteiger partial charge in [0.1, 0.15) is 0 Å². The molecular weight excluding hydrogens is 429 g/mol. The van der Waals surface area contributed by atoms with Crippen LogP contribution >= 0.6 is 22.6 Å². The molecule has 0 radical (unpaired) electrons. The molecule has 0 saturated carbocycles. The van der Waals surface area contributed by atoms with Gasteiger partial charge in [0, 0.05) is 15.2 Å². The summed E-state index contributed by atoms with van der Waals surface area (Å²) in [5, 5.41) is 0.878. The largest absolute Gasteiger partial charge is 0.465 e. The number of benzene rings is 2. The second-order valence-electron chi connectivity index (χ2n) is 4.81. The summed E-state index contributed by atoms with van der Waals surface area (Å²) in [4.78, 5) is 11.6. The maximum absolute atomic E-state index is 12.9. The van der Waals surface area contributed by atoms with Crippen LogP contribution in [-0.2, 0) is 14.8 Å². The minimum Gasteiger partial charge on any atom is -0.465 e. The predicted octanol–water partition coefficient (Wildman–Crippen LogP) is 3.27. The van der Waals surface area contributed by atoms with Gasteiger partial charge in [-0.05, 0) is 52.9 Å². The predicted molar refractivity (Wildman–Crippen MR) is 95.0 cm³/mol. The Balaban J connectivity index is 2.12. The fraction of sp³-hybridized carbons (Fsp3) is 0.0625. The molecule has 5 nitrogen and oxygen atoms in total. The number of rotatable bonds is 3. The Hall–Kier alpha value is -1.87. The van der Waals surface area contributed by atoms with Gasteiger partial charge in [-0.2, -0.15) is 0 Å². The molecule has 2 aromatic carbocycles. The number of ether oxygens (including phenoxy) is 1. The summed E-state index contributed by atoms with van der Waals surface area (Å²) < 4.78 is 32.4. The van der Waals surface area contributed by atoms with E-state index in [0.29, 0.717) is 11.1 Å². The molecule has 0 aliphatic carbocycles. The molecule has 0 atom stereocenters. The number of fused-ring (bicyclic) bond motifs is 1. The molecule has 0 aliphatic rings. The quantitative estimate of drug-likeness (QED) is 0.463. The molecule has 0 N–H and O–H groups in total. The van der Waals surface area contributed by atoms with Crippen molar-refractivity contribution >= 4 is 49.5 Å². The Morgan fingerprint density at radius 2 is 1.74 bits per heavy atom. The lowest BCUT2D eigenvalue weighted by atomic mass is 10.2. The van der Waals surface area contributed by atoms with E-state index in [0.717, 1.165) is 8.96 Å². The average Bonchev–Trinajstić information content (AvgIpc) is 2.92. The zero-order chi connectivity index (χ0) is 16.6. The lowest BCUT2D eigenvalue weighted by Gasteiger charge is -2.08. The standard InChI is InChI=1S/C16H12INO4S/c1-22-16(19)11-6-8-12(9-7-11)23(20,21)18-10-14(17)13-4-2-3-5-15(13)18/h2-10H,1H3. The number of hydrogen-bond donors (Lipinski definition) is 0. The van der Waals surface area contributed by atoms with Crippen molar-refractivity contribution in [1.29, 1.82) is 0 Å². The summed E-state index contributed by atoms with van der Waals surface area (Å²) in [6, 6.07) is 13.0. The Labute approximate surface area is 147 Å². The van der Waals surface area contributed by atoms with Crippen LogP contribution in [-0.4, -0.2) is 25.5 Å². The zero-order valence-corrected chi connectivity index (χ0v) is 15.0. The van der Waals surface area contributed by atoms with Crippen LogP contribution in [0.2, 0.25) is 0 Å². The minimum atomic E-state index is -3.73. The summed E-state index contributed by atoms with van der Waals surface area (Å²) in [6.07, 6.45) is 1.59. The van der Waals surface area contributed by atoms with Crippen molar-refractivity contribution in [2.75, 3.05) is 7.11 Å². The number of nitrogens with zero attached hydrogens (tertiary/aromatic N) is 1. The van der Waals surface area contributed by atoms with Crippen molar-refractivity contribution in [2.45, 2.75) is 4.90 Å². The van der Waals surface area contributed by atoms with Crippen LogP contribution < -0.4 is 0 Å². The Kier molecular flexibility index (Phi) is 4.15. The number of carbonyl (C=O) groups is 1. The zero-order valence-electron chi connectivity index (χ0n) is 12.1. The van der Waals surface area contributed by atoms with Crippen molar-refractivity contribution in [3.63, 3.8) is 0 Å². The van der Waals surface area contributed by atoms with Crippen molar-refractivity contribution in [3.8, 4) is 0 Å². The molecule has 1 aromatic heterocycles. The maximum atomic E-state index is 12.9. The van der Waals surface area contributed by atoms with Crippen LogP contribution in [0.1, 0.15) is 10.4 Å². The van der Waals surface area contributed by atoms with Gasteiger partial charge in [0.2, 0.25) is 0 Å². The van der Waals surface area contributed by atoms with E-state index in [-0.39, 0.29) is 4.90 Å². The van der Waals surface area contributed by atoms with Gasteiger partial charge < -0.3 is 4.74 Å². The highest BCUT2D eigenvalue weighted by atomic mass is 127. The summed E-state index contributed by atoms with van der Waals surface area (Å²) >= 11 is 2.11. The van der Waals surface area contributed by atoms with Crippen LogP contribution in [0, 0.1) is 3.57 Å². The first-order chi connectivity index (χ1) is 10.9. The van der Waals surface area contributed by atoms with E-state index in [9.17, 15) is 13.2 Å². The summed E-state index contributed by atoms with van der Waals surface area (Å²) in [6.45, 7) is 0. The third kappa shape index (κ3) is 2.74. The molecule has 1 heterocycles. The molecule has 118 valence electrons. The highest BCUT2D eigenvalue weighted by Gasteiger charge is 2.21. The van der Waals surface area contributed by atoms with E-state index in [4.69, 9.17) is 0 Å². The first-order valence-electron chi connectivity index (χ1n) is 6.64. The van der Waals surface area contributed by atoms with Gasteiger partial charge in [-0.15, -0.1) is 0 Å². The monoisotopic (exact) mass is 441 g/mol. The van der Waals surface area contributed by atoms with Crippen LogP contribution in [0.3, 0.4) is 0 Å². The van der Waals surface area contributed by atoms with Crippen molar-refractivity contribution in [3.05, 3.63) is 63.9 Å². The molecule has 7 heteroatoms. The van der Waals surface area contributed by atoms with Gasteiger partial charge in [0.25, 0.3) is 10.0 Å². The Morgan fingerprint density at radius 3 is 2.39 bits per heavy atom. The Morgan fingerprint density at radius 1 is 1.09 bits per heavy atom. The SMILES string of the molecule is COC(=O)c1ccc(S(=O)(=O)n2cc(I)c3ccccc32)cc1. The average molecular weight is 441 g/mol. The van der Waals surface area contributed by atoms with Crippen molar-refractivity contribution < 1.29 is 17.9 Å². The van der Waals surface area contributed by atoms with Gasteiger partial charge in [-0.1, -0.05) is 18.2 Å². The van der Waals surface area contributed by atoms with Gasteiger partial charge in [0.05, 0.1) is 23.1 Å². The summed E-state index contributed by atoms with van der Waals surface area (Å²) in [5.74, 6) is -0.505. The number of para-hydroxylation sites is 1. The summed E-state index contributed by atoms with van der Waals surface area (Å²) in [5.41, 5.74) is 0.923. The van der Waals surface area contributed by atoms with E-state index < -0.39 is 16.0 Å². The smallest absolute Gasteiger partial charge is 0.337 e. The molecule has 0 amide bonds. The molecule has 0 spiro atoms. The van der Waals surface area contributed by atoms with E-state index in [1.165, 1.54) is 35.3 Å². The van der Waals surface area contributed by atoms with Crippen LogP contribution in [0.25, 0.3) is 10.9 Å². The van der Waals surface area contributed by atoms with Gasteiger partial charge in [-0.25, -0.2) is 17.2 Å². The number of aromatic nitrogens is 1. The molecule has 0 fully saturated rings. The second-order valence-corrected chi connectivity index (χ2v) is 7.79. The summed E-state index contributed by atoms with van der Waals surface area (Å²) in [7, 11) is -2.46. The number of methoxy groups -OCH3 is 1. The molecule has 0 unspecified atom stereocenters. The number of carbonyl (C=O) groups excluding carboxylic acids is 1. The maximum Gasteiger partial charge on any atom is 0.337 e. The van der Waals surface area contributed by atoms with E-state index in [1.807, 2.05) is 12.1 Å². The van der Waals surface area contributed by atoms with Crippen molar-refractivity contribution in [1.82, 2.24) is 3.97 Å². The first kappa shape index (κ1) is 16.0. The van der Waals surface area contributed by atoms with Gasteiger partial charge in [-0.3, -0.25) is 0 Å². The highest BCUT2D eigenvalue weighted by Crippen LogP contribution is 2.27. The van der Waals surface area contributed by atoms with E-state index in [1.54, 1.807) is 18.3 Å². The fourth-order valence-corrected chi connectivity index (χ4v) is 4.60. The molecule has 0 bridgehead atoms. The van der Waals surface area contributed by atoms with Crippen LogP contribution in [0.5, 0.6) is 0 Å². The lowest BCUT2D eigenvalue weighted by Crippen LogP contribution is -2.12. The van der Waals surface area contributed by atoms with E-state index >= 15 is 0 Å². The molecule has 0 aliphatic heterocycles. The second kappa shape index (κ2) is 5.97. The number of esters is 1. The molecule has 23 heavy (non-hydrogen) atoms. The van der Waals surface area contributed by atoms with Crippen LogP contribution in [0.4, 0.5) is 0 Å². The van der Waals surface area contributed by atoms with Gasteiger partial charge >= 0.3 is 5.97 Å². The minimum absolute atomic E-state index is 0.113. The molecular formula is C16H12INO4S. The molecule has 3 rings (SSSR count). The van der Waals surface area contributed by atoms with Crippen LogP contribution in [0.15, 0.2) is 59.6 Å². The fourth-order valence-electron chi connectivity index (χ4n) is 2.30. The molecule has 3 aromatic rings. The van der Waals surface area contributed by atoms with Gasteiger partial charge in [0.15, 0.2) is 0 Å². The van der Waals surface area contributed by atoms with E-state index in [2.05, 4.69) is 27.3 Å². The molecule has 0 saturated heterocycles. The topological polar surface area (TPSA) is 65.4 Å². The third-order valence-electron chi connectivity index (χ3n) is 3.46. The third-order valence-corrected chi connectivity index (χ3v) is 6.01. The first-order valence-corrected chi connectivity index (χ1v) is 9.16. The lowest BCUT2D eigenvalue weighted by molar-refractivity contribution is 0.0600. The number of hydrogen-bond acceptors (Lipinski definition) is 4. The normalized spacial score (nSPS) is 11.6. The number of halogens is 1. The highest BCUT2D eigenvalue weighted by molar-refractivity contribution is 14.1.